The van der Waals surface area contributed by atoms with E-state index < -0.39 is 0 Å². The summed E-state index contributed by atoms with van der Waals surface area (Å²) in [4.78, 5) is 31.4. The van der Waals surface area contributed by atoms with Gasteiger partial charge in [-0.1, -0.05) is 12.1 Å². The molecule has 0 aromatic carbocycles. The molecule has 24 heavy (non-hydrogen) atoms. The Kier molecular flexibility index (Phi) is 4.20. The molecular weight excluding hydrogens is 304 g/mol. The van der Waals surface area contributed by atoms with Gasteiger partial charge in [-0.3, -0.25) is 9.59 Å². The van der Waals surface area contributed by atoms with Crippen molar-refractivity contribution in [3.63, 3.8) is 0 Å². The first-order chi connectivity index (χ1) is 11.5. The molecule has 0 spiro atoms. The molecule has 0 radical (unpaired) electrons. The largest absolute Gasteiger partial charge is 0.293 e. The van der Waals surface area contributed by atoms with Crippen molar-refractivity contribution in [3.8, 4) is 22.8 Å². The van der Waals surface area contributed by atoms with Gasteiger partial charge in [0.1, 0.15) is 22.8 Å². The van der Waals surface area contributed by atoms with Crippen LogP contribution in [-0.2, 0) is 0 Å². The van der Waals surface area contributed by atoms with Crippen molar-refractivity contribution in [2.24, 2.45) is 0 Å². The third-order valence-electron chi connectivity index (χ3n) is 3.41. The number of rotatable bonds is 4. The smallest absolute Gasteiger partial charge is 0.178 e. The molecule has 3 aromatic rings. The van der Waals surface area contributed by atoms with Gasteiger partial charge in [-0.05, 0) is 36.4 Å². The lowest BCUT2D eigenvalue weighted by molar-refractivity contribution is 0.100. The predicted octanol–water partition coefficient (Wildman–Crippen LogP) is 3.01. The van der Waals surface area contributed by atoms with E-state index in [1.54, 1.807) is 48.5 Å². The molecule has 3 rings (SSSR count). The molecule has 6 heteroatoms. The molecule has 0 aliphatic heterocycles. The monoisotopic (exact) mass is 318 g/mol. The fraction of sp³-hybridized carbons (Fsp3) is 0.111. The molecule has 3 heterocycles. The van der Waals surface area contributed by atoms with Crippen molar-refractivity contribution < 1.29 is 9.59 Å². The van der Waals surface area contributed by atoms with Crippen LogP contribution in [0.4, 0.5) is 0 Å². The Morgan fingerprint density at radius 1 is 0.625 bits per heavy atom. The summed E-state index contributed by atoms with van der Waals surface area (Å²) in [5.74, 6) is -0.210. The molecule has 0 aliphatic carbocycles. The standard InChI is InChI=1S/C18H14N4O2/c1-11(23)13-5-3-7-15(19-13)17-9-10-18(22-21-17)16-8-4-6-14(20-16)12(2)24/h3-10H,1-2H3. The molecule has 0 unspecified atom stereocenters. The van der Waals surface area contributed by atoms with Gasteiger partial charge in [0.05, 0.1) is 11.4 Å². The van der Waals surface area contributed by atoms with Gasteiger partial charge >= 0.3 is 0 Å². The van der Waals surface area contributed by atoms with E-state index in [4.69, 9.17) is 0 Å². The Balaban J connectivity index is 1.94. The molecule has 0 amide bonds. The first-order valence-electron chi connectivity index (χ1n) is 7.35. The summed E-state index contributed by atoms with van der Waals surface area (Å²) in [5, 5.41) is 8.30. The summed E-state index contributed by atoms with van der Waals surface area (Å²) >= 11 is 0. The first-order valence-corrected chi connectivity index (χ1v) is 7.35. The highest BCUT2D eigenvalue weighted by Gasteiger charge is 2.09. The topological polar surface area (TPSA) is 85.7 Å². The summed E-state index contributed by atoms with van der Waals surface area (Å²) in [6, 6.07) is 13.9. The number of hydrogen-bond acceptors (Lipinski definition) is 6. The first kappa shape index (κ1) is 15.6. The fourth-order valence-corrected chi connectivity index (χ4v) is 2.15. The number of ketones is 2. The lowest BCUT2D eigenvalue weighted by atomic mass is 10.2. The van der Waals surface area contributed by atoms with Crippen LogP contribution in [0, 0.1) is 0 Å². The van der Waals surface area contributed by atoms with Crippen LogP contribution >= 0.6 is 0 Å². The minimum Gasteiger partial charge on any atom is -0.293 e. The summed E-state index contributed by atoms with van der Waals surface area (Å²) in [7, 11) is 0. The molecule has 0 fully saturated rings. The Labute approximate surface area is 138 Å². The van der Waals surface area contributed by atoms with E-state index in [9.17, 15) is 9.59 Å². The van der Waals surface area contributed by atoms with Crippen molar-refractivity contribution in [3.05, 3.63) is 59.9 Å². The summed E-state index contributed by atoms with van der Waals surface area (Å²) < 4.78 is 0. The third-order valence-corrected chi connectivity index (χ3v) is 3.41. The SMILES string of the molecule is CC(=O)c1cccc(-c2ccc(-c3cccc(C(C)=O)n3)nn2)n1. The van der Waals surface area contributed by atoms with Crippen molar-refractivity contribution in [1.82, 2.24) is 20.2 Å². The zero-order chi connectivity index (χ0) is 17.1. The number of carbonyl (C=O) groups excluding carboxylic acids is 2. The normalized spacial score (nSPS) is 10.4. The van der Waals surface area contributed by atoms with Gasteiger partial charge in [-0.25, -0.2) is 9.97 Å². The lowest BCUT2D eigenvalue weighted by Gasteiger charge is -2.04. The quantitative estimate of drug-likeness (QED) is 0.687. The molecule has 0 saturated heterocycles. The van der Waals surface area contributed by atoms with Crippen LogP contribution in [0.1, 0.15) is 34.8 Å². The van der Waals surface area contributed by atoms with E-state index in [-0.39, 0.29) is 11.6 Å². The highest BCUT2D eigenvalue weighted by molar-refractivity contribution is 5.93. The van der Waals surface area contributed by atoms with Gasteiger partial charge in [0.25, 0.3) is 0 Å². The molecule has 0 N–H and O–H groups in total. The Bertz CT molecular complexity index is 844. The van der Waals surface area contributed by atoms with Gasteiger partial charge in [-0.15, -0.1) is 10.2 Å². The molecule has 118 valence electrons. The molecule has 0 bridgehead atoms. The number of carbonyl (C=O) groups is 2. The number of pyridine rings is 2. The van der Waals surface area contributed by atoms with E-state index in [2.05, 4.69) is 20.2 Å². The molecule has 0 aliphatic rings. The Hall–Kier alpha value is -3.28. The Morgan fingerprint density at radius 2 is 1.04 bits per heavy atom. The minimum atomic E-state index is -0.105. The number of nitrogens with zero attached hydrogens (tertiary/aromatic N) is 4. The highest BCUT2D eigenvalue weighted by atomic mass is 16.1. The molecular formula is C18H14N4O2. The zero-order valence-electron chi connectivity index (χ0n) is 13.2. The number of Topliss-reactive ketones (excluding diaryl/α,β-unsaturated/α-hetero) is 2. The van der Waals surface area contributed by atoms with E-state index in [0.717, 1.165) is 0 Å². The second-order valence-electron chi connectivity index (χ2n) is 5.23. The van der Waals surface area contributed by atoms with Gasteiger partial charge < -0.3 is 0 Å². The minimum absolute atomic E-state index is 0.105. The maximum Gasteiger partial charge on any atom is 0.178 e. The number of hydrogen-bond donors (Lipinski definition) is 0. The molecule has 3 aromatic heterocycles. The molecule has 0 saturated carbocycles. The van der Waals surface area contributed by atoms with Crippen molar-refractivity contribution in [2.45, 2.75) is 13.8 Å². The van der Waals surface area contributed by atoms with Crippen LogP contribution in [0.3, 0.4) is 0 Å². The molecule has 0 atom stereocenters. The average molecular weight is 318 g/mol. The zero-order valence-corrected chi connectivity index (χ0v) is 13.2. The summed E-state index contributed by atoms with van der Waals surface area (Å²) in [6.45, 7) is 2.93. The van der Waals surface area contributed by atoms with Crippen molar-refractivity contribution >= 4 is 11.6 Å². The Morgan fingerprint density at radius 3 is 1.38 bits per heavy atom. The van der Waals surface area contributed by atoms with E-state index in [1.807, 2.05) is 0 Å². The van der Waals surface area contributed by atoms with Crippen LogP contribution in [0.25, 0.3) is 22.8 Å². The maximum atomic E-state index is 11.4. The average Bonchev–Trinajstić information content (AvgIpc) is 2.62. The number of aromatic nitrogens is 4. The summed E-state index contributed by atoms with van der Waals surface area (Å²) in [6.07, 6.45) is 0. The van der Waals surface area contributed by atoms with Crippen molar-refractivity contribution in [1.29, 1.82) is 0 Å². The summed E-state index contributed by atoms with van der Waals surface area (Å²) in [5.41, 5.74) is 3.04. The second kappa shape index (κ2) is 6.45. The third kappa shape index (κ3) is 3.22. The van der Waals surface area contributed by atoms with Crippen LogP contribution < -0.4 is 0 Å². The van der Waals surface area contributed by atoms with Crippen LogP contribution in [0.15, 0.2) is 48.5 Å². The van der Waals surface area contributed by atoms with E-state index in [1.165, 1.54) is 13.8 Å². The van der Waals surface area contributed by atoms with Gasteiger partial charge in [-0.2, -0.15) is 0 Å². The van der Waals surface area contributed by atoms with Gasteiger partial charge in [0.2, 0.25) is 0 Å². The lowest BCUT2D eigenvalue weighted by Crippen LogP contribution is -2.00. The van der Waals surface area contributed by atoms with Gasteiger partial charge in [0.15, 0.2) is 11.6 Å². The van der Waals surface area contributed by atoms with Crippen LogP contribution in [0.2, 0.25) is 0 Å². The van der Waals surface area contributed by atoms with Crippen LogP contribution in [-0.4, -0.2) is 31.7 Å². The van der Waals surface area contributed by atoms with Crippen molar-refractivity contribution in [2.75, 3.05) is 0 Å². The van der Waals surface area contributed by atoms with Gasteiger partial charge in [0, 0.05) is 13.8 Å². The molecule has 6 nitrogen and oxygen atoms in total. The van der Waals surface area contributed by atoms with Crippen LogP contribution in [0.5, 0.6) is 0 Å². The van der Waals surface area contributed by atoms with E-state index >= 15 is 0 Å². The fourth-order valence-electron chi connectivity index (χ4n) is 2.15. The highest BCUT2D eigenvalue weighted by Crippen LogP contribution is 2.18. The van der Waals surface area contributed by atoms with E-state index in [0.29, 0.717) is 34.2 Å². The second-order valence-corrected chi connectivity index (χ2v) is 5.23. The predicted molar refractivity (Wildman–Crippen MR) is 88.5 cm³/mol. The maximum absolute atomic E-state index is 11.4.